The third-order valence-corrected chi connectivity index (χ3v) is 4.94. The maximum atomic E-state index is 10.5. The smallest absolute Gasteiger partial charge is 0.171 e. The molecule has 9 nitrogen and oxygen atoms in total. The Bertz CT molecular complexity index is 848. The number of rotatable bonds is 8. The molecule has 2 unspecified atom stereocenters. The standard InChI is InChI=1S/C18H25N7O2S/c1-2-11(9-27-28-21)8-25(20)18-15(19)17(22-10-23-18)24-16-13-6-4-3-5-12(13)7-14(16)26/h3-6,9-10,14,16,26H,2,7-8,19-21H2,1H3,(H,22,23,24)/b11-9-. The molecule has 0 aliphatic heterocycles. The summed E-state index contributed by atoms with van der Waals surface area (Å²) in [4.78, 5) is 8.45. The van der Waals surface area contributed by atoms with Gasteiger partial charge in [0.25, 0.3) is 0 Å². The van der Waals surface area contributed by atoms with Crippen LogP contribution in [0, 0.1) is 0 Å². The van der Waals surface area contributed by atoms with Crippen LogP contribution in [0.3, 0.4) is 0 Å². The minimum absolute atomic E-state index is 0.298. The summed E-state index contributed by atoms with van der Waals surface area (Å²) in [6.07, 6.45) is 3.70. The van der Waals surface area contributed by atoms with Crippen molar-refractivity contribution in [2.75, 3.05) is 22.6 Å². The molecule has 1 aromatic heterocycles. The summed E-state index contributed by atoms with van der Waals surface area (Å²) in [7, 11) is 0. The van der Waals surface area contributed by atoms with Crippen molar-refractivity contribution in [1.29, 1.82) is 0 Å². The summed E-state index contributed by atoms with van der Waals surface area (Å²) >= 11 is 0.766. The summed E-state index contributed by atoms with van der Waals surface area (Å²) in [5.74, 6) is 6.99. The van der Waals surface area contributed by atoms with E-state index in [1.165, 1.54) is 11.3 Å². The van der Waals surface area contributed by atoms with Crippen molar-refractivity contribution in [3.63, 3.8) is 0 Å². The van der Waals surface area contributed by atoms with Gasteiger partial charge < -0.3 is 20.3 Å². The zero-order valence-corrected chi connectivity index (χ0v) is 16.4. The Labute approximate surface area is 168 Å². The molecular weight excluding hydrogens is 378 g/mol. The van der Waals surface area contributed by atoms with Gasteiger partial charge in [0.05, 0.1) is 18.7 Å². The zero-order chi connectivity index (χ0) is 20.1. The highest BCUT2D eigenvalue weighted by Crippen LogP contribution is 2.36. The lowest BCUT2D eigenvalue weighted by Crippen LogP contribution is -2.34. The summed E-state index contributed by atoms with van der Waals surface area (Å²) in [6, 6.07) is 7.61. The molecular formula is C18H25N7O2S. The number of anilines is 3. The number of benzene rings is 1. The van der Waals surface area contributed by atoms with E-state index < -0.39 is 6.10 Å². The van der Waals surface area contributed by atoms with Gasteiger partial charge in [0, 0.05) is 6.42 Å². The minimum Gasteiger partial charge on any atom is -0.418 e. The normalized spacial score (nSPS) is 18.6. The molecule has 2 atom stereocenters. The van der Waals surface area contributed by atoms with Crippen LogP contribution in [0.4, 0.5) is 17.3 Å². The lowest BCUT2D eigenvalue weighted by atomic mass is 10.1. The first-order valence-electron chi connectivity index (χ1n) is 8.90. The van der Waals surface area contributed by atoms with Crippen molar-refractivity contribution >= 4 is 29.6 Å². The van der Waals surface area contributed by atoms with Crippen LogP contribution in [0.5, 0.6) is 0 Å². The van der Waals surface area contributed by atoms with Crippen LogP contribution < -0.4 is 27.0 Å². The maximum Gasteiger partial charge on any atom is 0.171 e. The van der Waals surface area contributed by atoms with E-state index in [2.05, 4.69) is 15.3 Å². The van der Waals surface area contributed by atoms with Crippen LogP contribution in [0.15, 0.2) is 42.4 Å². The average molecular weight is 404 g/mol. The van der Waals surface area contributed by atoms with Gasteiger partial charge in [-0.1, -0.05) is 31.2 Å². The number of aromatic nitrogens is 2. The fourth-order valence-corrected chi connectivity index (χ4v) is 3.44. The van der Waals surface area contributed by atoms with Crippen molar-refractivity contribution in [2.24, 2.45) is 11.0 Å². The highest BCUT2D eigenvalue weighted by Gasteiger charge is 2.31. The molecule has 0 radical (unpaired) electrons. The third kappa shape index (κ3) is 4.30. The average Bonchev–Trinajstić information content (AvgIpc) is 3.01. The number of nitrogens with two attached hydrogens (primary N) is 3. The van der Waals surface area contributed by atoms with E-state index in [4.69, 9.17) is 20.9 Å². The topological polar surface area (TPSA) is 149 Å². The summed E-state index contributed by atoms with van der Waals surface area (Å²) in [5, 5.41) is 20.4. The first-order valence-corrected chi connectivity index (χ1v) is 9.70. The summed E-state index contributed by atoms with van der Waals surface area (Å²) in [6.45, 7) is 2.35. The molecule has 2 aromatic rings. The quantitative estimate of drug-likeness (QED) is 0.145. The predicted octanol–water partition coefficient (Wildman–Crippen LogP) is 1.64. The van der Waals surface area contributed by atoms with Crippen molar-refractivity contribution < 1.29 is 9.29 Å². The van der Waals surface area contributed by atoms with E-state index >= 15 is 0 Å². The molecule has 0 amide bonds. The van der Waals surface area contributed by atoms with Crippen LogP contribution in [0.1, 0.15) is 30.5 Å². The maximum absolute atomic E-state index is 10.5. The van der Waals surface area contributed by atoms with Gasteiger partial charge in [-0.2, -0.15) is 0 Å². The number of fused-ring (bicyclic) bond motifs is 1. The third-order valence-electron chi connectivity index (χ3n) is 4.73. The summed E-state index contributed by atoms with van der Waals surface area (Å²) < 4.78 is 5.06. The molecule has 3 rings (SSSR count). The fourth-order valence-electron chi connectivity index (χ4n) is 3.25. The molecule has 0 bridgehead atoms. The monoisotopic (exact) mass is 403 g/mol. The van der Waals surface area contributed by atoms with Crippen LogP contribution >= 0.6 is 12.2 Å². The fraction of sp³-hybridized carbons (Fsp3) is 0.333. The zero-order valence-electron chi connectivity index (χ0n) is 15.6. The first-order chi connectivity index (χ1) is 13.5. The summed E-state index contributed by atoms with van der Waals surface area (Å²) in [5.41, 5.74) is 9.66. The number of aliphatic hydroxyl groups is 1. The van der Waals surface area contributed by atoms with Crippen molar-refractivity contribution in [3.05, 3.63) is 53.6 Å². The van der Waals surface area contributed by atoms with Crippen LogP contribution in [-0.2, 0) is 10.6 Å². The lowest BCUT2D eigenvalue weighted by molar-refractivity contribution is 0.165. The number of hydrazine groups is 1. The van der Waals surface area contributed by atoms with Crippen molar-refractivity contribution in [3.8, 4) is 0 Å². The Morgan fingerprint density at radius 2 is 2.21 bits per heavy atom. The second kappa shape index (κ2) is 9.11. The number of hydrogen-bond donors (Lipinski definition) is 5. The van der Waals surface area contributed by atoms with Gasteiger partial charge in [0.15, 0.2) is 11.6 Å². The molecule has 1 aliphatic rings. The molecule has 0 spiro atoms. The lowest BCUT2D eigenvalue weighted by Gasteiger charge is -2.23. The molecule has 0 saturated heterocycles. The number of nitrogens with zero attached hydrogens (tertiary/aromatic N) is 3. The Kier molecular flexibility index (Phi) is 6.57. The Hall–Kier alpha value is -2.53. The molecule has 1 heterocycles. The second-order valence-electron chi connectivity index (χ2n) is 6.50. The first kappa shape index (κ1) is 20.2. The molecule has 1 aromatic carbocycles. The number of nitrogen functional groups attached to an aromatic ring is 1. The molecule has 1 aliphatic carbocycles. The van der Waals surface area contributed by atoms with Gasteiger partial charge in [-0.25, -0.2) is 20.9 Å². The number of hydrogen-bond acceptors (Lipinski definition) is 10. The molecule has 28 heavy (non-hydrogen) atoms. The van der Waals surface area contributed by atoms with Gasteiger partial charge in [-0.3, -0.25) is 5.01 Å². The van der Waals surface area contributed by atoms with Gasteiger partial charge >= 0.3 is 0 Å². The Morgan fingerprint density at radius 1 is 1.43 bits per heavy atom. The number of aliphatic hydroxyl groups excluding tert-OH is 1. The number of nitrogens with one attached hydrogen (secondary N) is 1. The van der Waals surface area contributed by atoms with Gasteiger partial charge in [-0.05, 0) is 23.1 Å². The molecule has 0 fully saturated rings. The molecule has 0 saturated carbocycles. The SMILES string of the molecule is CC/C(=C/OSN)CN(N)c1ncnc(NC2c3ccccc3CC2O)c1N. The predicted molar refractivity (Wildman–Crippen MR) is 112 cm³/mol. The Morgan fingerprint density at radius 3 is 2.96 bits per heavy atom. The van der Waals surface area contributed by atoms with Crippen molar-refractivity contribution in [2.45, 2.75) is 31.9 Å². The van der Waals surface area contributed by atoms with E-state index in [1.807, 2.05) is 31.2 Å². The van der Waals surface area contributed by atoms with E-state index in [9.17, 15) is 5.11 Å². The van der Waals surface area contributed by atoms with Crippen LogP contribution in [0.2, 0.25) is 0 Å². The molecule has 8 N–H and O–H groups in total. The Balaban J connectivity index is 1.80. The van der Waals surface area contributed by atoms with Gasteiger partial charge in [0.1, 0.15) is 30.5 Å². The van der Waals surface area contributed by atoms with E-state index in [1.54, 1.807) is 6.26 Å². The second-order valence-corrected chi connectivity index (χ2v) is 6.89. The minimum atomic E-state index is -0.565. The largest absolute Gasteiger partial charge is 0.418 e. The van der Waals surface area contributed by atoms with E-state index in [-0.39, 0.29) is 6.04 Å². The van der Waals surface area contributed by atoms with Gasteiger partial charge in [-0.15, -0.1) is 0 Å². The van der Waals surface area contributed by atoms with E-state index in [0.717, 1.165) is 35.3 Å². The van der Waals surface area contributed by atoms with Gasteiger partial charge in [0.2, 0.25) is 0 Å². The highest BCUT2D eigenvalue weighted by molar-refractivity contribution is 7.92. The molecule has 150 valence electrons. The highest BCUT2D eigenvalue weighted by atomic mass is 32.2. The van der Waals surface area contributed by atoms with Crippen LogP contribution in [0.25, 0.3) is 0 Å². The van der Waals surface area contributed by atoms with Crippen LogP contribution in [-0.4, -0.2) is 27.7 Å². The van der Waals surface area contributed by atoms with E-state index in [0.29, 0.717) is 30.3 Å². The van der Waals surface area contributed by atoms with Crippen molar-refractivity contribution in [1.82, 2.24) is 9.97 Å². The molecule has 10 heteroatoms.